The fourth-order valence-corrected chi connectivity index (χ4v) is 2.07. The van der Waals surface area contributed by atoms with E-state index in [1.54, 1.807) is 38.5 Å². The van der Waals surface area contributed by atoms with Crippen molar-refractivity contribution in [2.45, 2.75) is 20.3 Å². The minimum absolute atomic E-state index is 0.109. The van der Waals surface area contributed by atoms with E-state index in [4.69, 9.17) is 9.47 Å². The van der Waals surface area contributed by atoms with Crippen LogP contribution in [0.25, 0.3) is 0 Å². The summed E-state index contributed by atoms with van der Waals surface area (Å²) in [5.41, 5.74) is 2.48. The number of rotatable bonds is 5. The number of aromatic nitrogens is 2. The molecule has 21 heavy (non-hydrogen) atoms. The molecule has 5 heteroatoms. The highest BCUT2D eigenvalue weighted by atomic mass is 16.5. The van der Waals surface area contributed by atoms with Gasteiger partial charge in [0, 0.05) is 17.2 Å². The Hall–Kier alpha value is -2.43. The highest BCUT2D eigenvalue weighted by Gasteiger charge is 2.17. The molecule has 0 aliphatic carbocycles. The Bertz CT molecular complexity index is 646. The lowest BCUT2D eigenvalue weighted by Gasteiger charge is -2.10. The summed E-state index contributed by atoms with van der Waals surface area (Å²) in [6.45, 7) is 3.76. The van der Waals surface area contributed by atoms with E-state index in [2.05, 4.69) is 10.2 Å². The zero-order chi connectivity index (χ0) is 15.4. The van der Waals surface area contributed by atoms with E-state index in [0.717, 1.165) is 0 Å². The zero-order valence-corrected chi connectivity index (χ0v) is 12.6. The van der Waals surface area contributed by atoms with Gasteiger partial charge in [-0.25, -0.2) is 0 Å². The summed E-state index contributed by atoms with van der Waals surface area (Å²) in [4.78, 5) is 12.7. The van der Waals surface area contributed by atoms with Crippen molar-refractivity contribution in [3.63, 3.8) is 0 Å². The molecule has 0 saturated heterocycles. The van der Waals surface area contributed by atoms with Crippen molar-refractivity contribution in [2.24, 2.45) is 0 Å². The fraction of sp³-hybridized carbons (Fsp3) is 0.312. The molecule has 1 heterocycles. The van der Waals surface area contributed by atoms with Crippen LogP contribution < -0.4 is 9.47 Å². The van der Waals surface area contributed by atoms with Crippen LogP contribution in [0.1, 0.15) is 34.2 Å². The second-order valence-electron chi connectivity index (χ2n) is 4.63. The van der Waals surface area contributed by atoms with Gasteiger partial charge in [0.25, 0.3) is 0 Å². The number of carbonyl (C=O) groups excluding carboxylic acids is 1. The van der Waals surface area contributed by atoms with Crippen LogP contribution in [0, 0.1) is 6.92 Å². The first-order valence-corrected chi connectivity index (χ1v) is 6.70. The highest BCUT2D eigenvalue weighted by Crippen LogP contribution is 2.25. The monoisotopic (exact) mass is 286 g/mol. The van der Waals surface area contributed by atoms with Gasteiger partial charge in [0.15, 0.2) is 5.78 Å². The Morgan fingerprint density at radius 3 is 2.19 bits per heavy atom. The summed E-state index contributed by atoms with van der Waals surface area (Å²) in [7, 11) is 3.11. The standard InChI is InChI=1S/C16H18N2O3/c1-5-15-14(6-10(2)17-18-15)16(19)11-7-12(20-3)9-13(8-11)21-4/h6-9H,5H2,1-4H3. The van der Waals surface area contributed by atoms with Gasteiger partial charge in [-0.2, -0.15) is 10.2 Å². The van der Waals surface area contributed by atoms with Crippen molar-refractivity contribution in [1.29, 1.82) is 0 Å². The Labute approximate surface area is 123 Å². The third-order valence-corrected chi connectivity index (χ3v) is 3.19. The zero-order valence-electron chi connectivity index (χ0n) is 12.6. The van der Waals surface area contributed by atoms with Crippen LogP contribution in [-0.2, 0) is 6.42 Å². The summed E-state index contributed by atoms with van der Waals surface area (Å²) >= 11 is 0. The van der Waals surface area contributed by atoms with Crippen molar-refractivity contribution < 1.29 is 14.3 Å². The molecule has 110 valence electrons. The lowest BCUT2D eigenvalue weighted by atomic mass is 10.00. The molecule has 0 aliphatic heterocycles. The second kappa shape index (κ2) is 6.35. The predicted octanol–water partition coefficient (Wildman–Crippen LogP) is 2.60. The number of aryl methyl sites for hydroxylation is 2. The molecule has 0 unspecified atom stereocenters. The molecule has 2 rings (SSSR count). The van der Waals surface area contributed by atoms with Gasteiger partial charge >= 0.3 is 0 Å². The van der Waals surface area contributed by atoms with Crippen LogP contribution in [0.3, 0.4) is 0 Å². The van der Waals surface area contributed by atoms with Gasteiger partial charge in [0.1, 0.15) is 11.5 Å². The van der Waals surface area contributed by atoms with E-state index in [1.165, 1.54) is 0 Å². The summed E-state index contributed by atoms with van der Waals surface area (Å²) in [5.74, 6) is 1.05. The van der Waals surface area contributed by atoms with Gasteiger partial charge in [-0.3, -0.25) is 4.79 Å². The fourth-order valence-electron chi connectivity index (χ4n) is 2.07. The Balaban J connectivity index is 2.51. The Morgan fingerprint density at radius 2 is 1.67 bits per heavy atom. The lowest BCUT2D eigenvalue weighted by molar-refractivity contribution is 0.103. The van der Waals surface area contributed by atoms with Gasteiger partial charge in [0.05, 0.1) is 25.6 Å². The van der Waals surface area contributed by atoms with E-state index in [1.807, 2.05) is 13.8 Å². The summed E-state index contributed by atoms with van der Waals surface area (Å²) in [6.07, 6.45) is 0.648. The average molecular weight is 286 g/mol. The second-order valence-corrected chi connectivity index (χ2v) is 4.63. The van der Waals surface area contributed by atoms with Crippen LogP contribution >= 0.6 is 0 Å². The van der Waals surface area contributed by atoms with Crippen molar-refractivity contribution >= 4 is 5.78 Å². The van der Waals surface area contributed by atoms with Crippen LogP contribution in [0.4, 0.5) is 0 Å². The number of methoxy groups -OCH3 is 2. The molecule has 1 aromatic heterocycles. The molecule has 0 radical (unpaired) electrons. The quantitative estimate of drug-likeness (QED) is 0.791. The van der Waals surface area contributed by atoms with E-state index in [-0.39, 0.29) is 5.78 Å². The number of benzene rings is 1. The van der Waals surface area contributed by atoms with E-state index in [0.29, 0.717) is 40.4 Å². The molecule has 2 aromatic rings. The Morgan fingerprint density at radius 1 is 1.05 bits per heavy atom. The summed E-state index contributed by atoms with van der Waals surface area (Å²) in [6, 6.07) is 6.88. The van der Waals surface area contributed by atoms with Gasteiger partial charge in [-0.1, -0.05) is 6.92 Å². The van der Waals surface area contributed by atoms with Crippen molar-refractivity contribution in [3.8, 4) is 11.5 Å². The maximum atomic E-state index is 12.7. The molecular formula is C16H18N2O3. The molecule has 0 amide bonds. The van der Waals surface area contributed by atoms with Crippen molar-refractivity contribution in [3.05, 3.63) is 46.8 Å². The van der Waals surface area contributed by atoms with E-state index < -0.39 is 0 Å². The topological polar surface area (TPSA) is 61.3 Å². The molecule has 0 spiro atoms. The maximum absolute atomic E-state index is 12.7. The number of ketones is 1. The van der Waals surface area contributed by atoms with E-state index >= 15 is 0 Å². The molecule has 0 aliphatic rings. The molecule has 0 fully saturated rings. The number of hydrogen-bond donors (Lipinski definition) is 0. The first kappa shape index (κ1) is 15.0. The van der Waals surface area contributed by atoms with E-state index in [9.17, 15) is 4.79 Å². The molecule has 0 bridgehead atoms. The van der Waals surface area contributed by atoms with Crippen molar-refractivity contribution in [1.82, 2.24) is 10.2 Å². The third-order valence-electron chi connectivity index (χ3n) is 3.19. The van der Waals surface area contributed by atoms with Crippen LogP contribution in [0.5, 0.6) is 11.5 Å². The molecule has 0 N–H and O–H groups in total. The number of carbonyl (C=O) groups is 1. The largest absolute Gasteiger partial charge is 0.497 e. The number of hydrogen-bond acceptors (Lipinski definition) is 5. The SMILES string of the molecule is CCc1nnc(C)cc1C(=O)c1cc(OC)cc(OC)c1. The lowest BCUT2D eigenvalue weighted by Crippen LogP contribution is -2.09. The predicted molar refractivity (Wildman–Crippen MR) is 79.1 cm³/mol. The Kier molecular flexibility index (Phi) is 4.52. The van der Waals surface area contributed by atoms with Gasteiger partial charge in [-0.15, -0.1) is 0 Å². The van der Waals surface area contributed by atoms with Crippen LogP contribution in [0.2, 0.25) is 0 Å². The van der Waals surface area contributed by atoms with Gasteiger partial charge in [0.2, 0.25) is 0 Å². The first-order valence-electron chi connectivity index (χ1n) is 6.70. The molecular weight excluding hydrogens is 268 g/mol. The summed E-state index contributed by atoms with van der Waals surface area (Å²) in [5, 5.41) is 8.10. The maximum Gasteiger partial charge on any atom is 0.195 e. The normalized spacial score (nSPS) is 10.3. The van der Waals surface area contributed by atoms with Crippen molar-refractivity contribution in [2.75, 3.05) is 14.2 Å². The highest BCUT2D eigenvalue weighted by molar-refractivity contribution is 6.10. The minimum Gasteiger partial charge on any atom is -0.497 e. The molecule has 5 nitrogen and oxygen atoms in total. The summed E-state index contributed by atoms with van der Waals surface area (Å²) < 4.78 is 10.4. The average Bonchev–Trinajstić information content (AvgIpc) is 2.53. The first-order chi connectivity index (χ1) is 10.1. The number of ether oxygens (including phenoxy) is 2. The minimum atomic E-state index is -0.109. The molecule has 0 saturated carbocycles. The third kappa shape index (κ3) is 3.18. The molecule has 1 aromatic carbocycles. The van der Waals surface area contributed by atoms with Gasteiger partial charge in [-0.05, 0) is 31.5 Å². The van der Waals surface area contributed by atoms with Crippen LogP contribution in [0.15, 0.2) is 24.3 Å². The molecule has 0 atom stereocenters. The van der Waals surface area contributed by atoms with Gasteiger partial charge < -0.3 is 9.47 Å². The smallest absolute Gasteiger partial charge is 0.195 e. The number of nitrogens with zero attached hydrogens (tertiary/aromatic N) is 2. The van der Waals surface area contributed by atoms with Crippen LogP contribution in [-0.4, -0.2) is 30.2 Å².